The van der Waals surface area contributed by atoms with Crippen LogP contribution < -0.4 is 0 Å². The molecule has 1 unspecified atom stereocenters. The highest BCUT2D eigenvalue weighted by atomic mass is 19.1. The van der Waals surface area contributed by atoms with Crippen molar-refractivity contribution in [3.63, 3.8) is 0 Å². The van der Waals surface area contributed by atoms with Gasteiger partial charge in [0.1, 0.15) is 5.82 Å². The number of ketones is 1. The average Bonchev–Trinajstić information content (AvgIpc) is 2.16. The lowest BCUT2D eigenvalue weighted by molar-refractivity contribution is 0.101. The summed E-state index contributed by atoms with van der Waals surface area (Å²) in [7, 11) is 0. The number of halogens is 1. The minimum absolute atomic E-state index is 0.0490. The van der Waals surface area contributed by atoms with Gasteiger partial charge in [0.05, 0.1) is 6.10 Å². The van der Waals surface area contributed by atoms with E-state index in [-0.39, 0.29) is 17.7 Å². The van der Waals surface area contributed by atoms with Crippen LogP contribution in [0.5, 0.6) is 0 Å². The van der Waals surface area contributed by atoms with Crippen LogP contribution in [0.2, 0.25) is 0 Å². The molecule has 0 radical (unpaired) electrons. The van der Waals surface area contributed by atoms with Crippen LogP contribution >= 0.6 is 0 Å². The van der Waals surface area contributed by atoms with E-state index in [4.69, 9.17) is 5.11 Å². The number of Topliss-reactive ketones (excluding diaryl/α,β-unsaturated/α-hetero) is 1. The molecule has 0 aliphatic rings. The number of carbonyl (C=O) groups is 1. The normalized spacial score (nSPS) is 12.5. The molecule has 0 saturated carbocycles. The standard InChI is InChI=1S/C13H17FO2/c1-9(15)4-3-5-11-8-12(14)6-7-13(11)10(2)16/h6-9,15H,3-5H2,1-2H3. The molecule has 1 aromatic carbocycles. The summed E-state index contributed by atoms with van der Waals surface area (Å²) in [4.78, 5) is 11.3. The Morgan fingerprint density at radius 3 is 2.75 bits per heavy atom. The van der Waals surface area contributed by atoms with Crippen molar-refractivity contribution >= 4 is 5.78 Å². The van der Waals surface area contributed by atoms with Gasteiger partial charge in [-0.15, -0.1) is 0 Å². The molecule has 1 aromatic rings. The Labute approximate surface area is 95.1 Å². The van der Waals surface area contributed by atoms with E-state index in [0.717, 1.165) is 12.0 Å². The molecule has 0 spiro atoms. The zero-order valence-corrected chi connectivity index (χ0v) is 9.66. The second-order valence-corrected chi connectivity index (χ2v) is 4.10. The first-order valence-corrected chi connectivity index (χ1v) is 5.48. The molecular weight excluding hydrogens is 207 g/mol. The van der Waals surface area contributed by atoms with Crippen molar-refractivity contribution in [3.05, 3.63) is 35.1 Å². The van der Waals surface area contributed by atoms with Crippen molar-refractivity contribution in [3.8, 4) is 0 Å². The third kappa shape index (κ3) is 3.74. The molecule has 1 N–H and O–H groups in total. The zero-order valence-electron chi connectivity index (χ0n) is 9.66. The van der Waals surface area contributed by atoms with Gasteiger partial charge in [-0.1, -0.05) is 0 Å². The minimum Gasteiger partial charge on any atom is -0.393 e. The highest BCUT2D eigenvalue weighted by Gasteiger charge is 2.08. The monoisotopic (exact) mass is 224 g/mol. The third-order valence-electron chi connectivity index (χ3n) is 2.51. The number of hydrogen-bond acceptors (Lipinski definition) is 2. The molecule has 0 heterocycles. The largest absolute Gasteiger partial charge is 0.393 e. The summed E-state index contributed by atoms with van der Waals surface area (Å²) in [6.45, 7) is 3.20. The molecule has 2 nitrogen and oxygen atoms in total. The Kier molecular flexibility index (Phi) is 4.62. The Morgan fingerprint density at radius 2 is 2.19 bits per heavy atom. The summed E-state index contributed by atoms with van der Waals surface area (Å²) in [5.74, 6) is -0.371. The fraction of sp³-hybridized carbons (Fsp3) is 0.462. The van der Waals surface area contributed by atoms with Crippen molar-refractivity contribution in [2.45, 2.75) is 39.2 Å². The van der Waals surface area contributed by atoms with Gasteiger partial charge < -0.3 is 5.11 Å². The highest BCUT2D eigenvalue weighted by molar-refractivity contribution is 5.95. The van der Waals surface area contributed by atoms with Gasteiger partial charge >= 0.3 is 0 Å². The smallest absolute Gasteiger partial charge is 0.160 e. The first kappa shape index (κ1) is 12.8. The van der Waals surface area contributed by atoms with Crippen LogP contribution in [0.15, 0.2) is 18.2 Å². The van der Waals surface area contributed by atoms with Crippen LogP contribution in [0.1, 0.15) is 42.6 Å². The van der Waals surface area contributed by atoms with Crippen LogP contribution in [0.4, 0.5) is 4.39 Å². The summed E-state index contributed by atoms with van der Waals surface area (Å²) in [5, 5.41) is 9.12. The van der Waals surface area contributed by atoms with Gasteiger partial charge in [0.2, 0.25) is 0 Å². The SMILES string of the molecule is CC(=O)c1ccc(F)cc1CCCC(C)O. The van der Waals surface area contributed by atoms with Crippen LogP contribution in [0.25, 0.3) is 0 Å². The predicted molar refractivity (Wildman–Crippen MR) is 61.0 cm³/mol. The van der Waals surface area contributed by atoms with Crippen LogP contribution in [-0.2, 0) is 6.42 Å². The molecule has 1 rings (SSSR count). The van der Waals surface area contributed by atoms with E-state index in [2.05, 4.69) is 0 Å². The lowest BCUT2D eigenvalue weighted by Gasteiger charge is -2.08. The van der Waals surface area contributed by atoms with Crippen molar-refractivity contribution in [2.75, 3.05) is 0 Å². The van der Waals surface area contributed by atoms with E-state index >= 15 is 0 Å². The van der Waals surface area contributed by atoms with E-state index in [1.54, 1.807) is 6.92 Å². The third-order valence-corrected chi connectivity index (χ3v) is 2.51. The quantitative estimate of drug-likeness (QED) is 0.781. The van der Waals surface area contributed by atoms with Crippen molar-refractivity contribution in [1.82, 2.24) is 0 Å². The maximum atomic E-state index is 13.0. The van der Waals surface area contributed by atoms with Gasteiger partial charge in [-0.05, 0) is 56.9 Å². The van der Waals surface area contributed by atoms with Gasteiger partial charge in [-0.25, -0.2) is 4.39 Å². The molecule has 3 heteroatoms. The Morgan fingerprint density at radius 1 is 1.50 bits per heavy atom. The minimum atomic E-state index is -0.352. The van der Waals surface area contributed by atoms with Gasteiger partial charge in [0.25, 0.3) is 0 Å². The Balaban J connectivity index is 2.76. The highest BCUT2D eigenvalue weighted by Crippen LogP contribution is 2.15. The lowest BCUT2D eigenvalue weighted by atomic mass is 9.98. The molecule has 0 aliphatic heterocycles. The van der Waals surface area contributed by atoms with E-state index < -0.39 is 0 Å². The number of benzene rings is 1. The molecule has 0 aliphatic carbocycles. The van der Waals surface area contributed by atoms with Gasteiger partial charge in [-0.3, -0.25) is 4.79 Å². The molecule has 0 saturated heterocycles. The summed E-state index contributed by atoms with van der Waals surface area (Å²) in [6.07, 6.45) is 1.68. The molecule has 0 bridgehead atoms. The molecule has 0 amide bonds. The topological polar surface area (TPSA) is 37.3 Å². The number of aliphatic hydroxyl groups is 1. The van der Waals surface area contributed by atoms with Crippen LogP contribution in [-0.4, -0.2) is 17.0 Å². The molecule has 16 heavy (non-hydrogen) atoms. The molecule has 88 valence electrons. The lowest BCUT2D eigenvalue weighted by Crippen LogP contribution is -2.04. The van der Waals surface area contributed by atoms with Crippen molar-refractivity contribution < 1.29 is 14.3 Å². The fourth-order valence-corrected chi connectivity index (χ4v) is 1.70. The predicted octanol–water partition coefficient (Wildman–Crippen LogP) is 2.73. The zero-order chi connectivity index (χ0) is 12.1. The van der Waals surface area contributed by atoms with Crippen LogP contribution in [0, 0.1) is 5.82 Å². The number of carbonyl (C=O) groups excluding carboxylic acids is 1. The van der Waals surface area contributed by atoms with Gasteiger partial charge in [0, 0.05) is 5.56 Å². The summed E-state index contributed by atoms with van der Waals surface area (Å²) < 4.78 is 13.0. The summed E-state index contributed by atoms with van der Waals surface area (Å²) in [6, 6.07) is 4.23. The van der Waals surface area contributed by atoms with E-state index in [0.29, 0.717) is 18.4 Å². The molecule has 0 aromatic heterocycles. The number of aliphatic hydroxyl groups excluding tert-OH is 1. The first-order valence-electron chi connectivity index (χ1n) is 5.48. The van der Waals surface area contributed by atoms with Crippen molar-refractivity contribution in [2.24, 2.45) is 0 Å². The van der Waals surface area contributed by atoms with E-state index in [1.165, 1.54) is 25.1 Å². The molecule has 1 atom stereocenters. The second kappa shape index (κ2) is 5.75. The number of hydrogen-bond donors (Lipinski definition) is 1. The maximum absolute atomic E-state index is 13.0. The van der Waals surface area contributed by atoms with E-state index in [9.17, 15) is 9.18 Å². The second-order valence-electron chi connectivity index (χ2n) is 4.10. The van der Waals surface area contributed by atoms with Gasteiger partial charge in [0.15, 0.2) is 5.78 Å². The first-order chi connectivity index (χ1) is 7.50. The summed E-state index contributed by atoms with van der Waals surface area (Å²) >= 11 is 0. The van der Waals surface area contributed by atoms with Crippen LogP contribution in [0.3, 0.4) is 0 Å². The maximum Gasteiger partial charge on any atom is 0.160 e. The number of aryl methyl sites for hydroxylation is 1. The number of rotatable bonds is 5. The Hall–Kier alpha value is -1.22. The van der Waals surface area contributed by atoms with Crippen molar-refractivity contribution in [1.29, 1.82) is 0 Å². The average molecular weight is 224 g/mol. The Bertz CT molecular complexity index is 372. The van der Waals surface area contributed by atoms with Gasteiger partial charge in [-0.2, -0.15) is 0 Å². The molecular formula is C13H17FO2. The molecule has 0 fully saturated rings. The van der Waals surface area contributed by atoms with E-state index in [1.807, 2.05) is 0 Å². The summed E-state index contributed by atoms with van der Waals surface area (Å²) in [5.41, 5.74) is 1.31. The fourth-order valence-electron chi connectivity index (χ4n) is 1.70.